The first-order valence-corrected chi connectivity index (χ1v) is 5.23. The lowest BCUT2D eigenvalue weighted by molar-refractivity contribution is 0.220. The number of aliphatic hydroxyl groups is 1. The van der Waals surface area contributed by atoms with Crippen LogP contribution >= 0.6 is 0 Å². The Morgan fingerprint density at radius 2 is 2.12 bits per heavy atom. The highest BCUT2D eigenvalue weighted by molar-refractivity contribution is 5.48. The molecule has 2 rings (SSSR count). The Kier molecular flexibility index (Phi) is 3.06. The van der Waals surface area contributed by atoms with Crippen LogP contribution in [0.2, 0.25) is 0 Å². The second-order valence-corrected chi connectivity index (χ2v) is 3.92. The number of aryl methyl sites for hydroxylation is 1. The third kappa shape index (κ3) is 2.26. The van der Waals surface area contributed by atoms with Crippen LogP contribution in [0.5, 0.6) is 0 Å². The molecule has 0 radical (unpaired) electrons. The van der Waals surface area contributed by atoms with Crippen molar-refractivity contribution in [1.29, 1.82) is 0 Å². The maximum Gasteiger partial charge on any atom is 0.126 e. The minimum Gasteiger partial charge on any atom is -0.398 e. The first-order chi connectivity index (χ1) is 8.09. The summed E-state index contributed by atoms with van der Waals surface area (Å²) in [6.45, 7) is 1.65. The molecule has 4 heteroatoms. The zero-order chi connectivity index (χ0) is 12.4. The number of nitrogens with two attached hydrogens (primary N) is 1. The van der Waals surface area contributed by atoms with E-state index in [4.69, 9.17) is 5.73 Å². The number of aliphatic hydroxyl groups excluding tert-OH is 1. The molecule has 17 heavy (non-hydrogen) atoms. The Hall–Kier alpha value is -1.94. The van der Waals surface area contributed by atoms with Gasteiger partial charge in [0.15, 0.2) is 0 Å². The Morgan fingerprint density at radius 3 is 2.76 bits per heavy atom. The molecule has 0 aliphatic heterocycles. The number of hydrogen-bond acceptors (Lipinski definition) is 3. The summed E-state index contributed by atoms with van der Waals surface area (Å²) in [6, 6.07) is 6.10. The van der Waals surface area contributed by atoms with Gasteiger partial charge in [-0.05, 0) is 30.2 Å². The quantitative estimate of drug-likeness (QED) is 0.834. The average Bonchev–Trinajstić information content (AvgIpc) is 2.32. The Labute approximate surface area is 98.7 Å². The van der Waals surface area contributed by atoms with Gasteiger partial charge in [0.2, 0.25) is 0 Å². The van der Waals surface area contributed by atoms with Crippen LogP contribution in [0.15, 0.2) is 36.7 Å². The third-order valence-corrected chi connectivity index (χ3v) is 2.68. The minimum atomic E-state index is -0.886. The van der Waals surface area contributed by atoms with Gasteiger partial charge in [0.25, 0.3) is 0 Å². The molecule has 1 atom stereocenters. The molecular formula is C13H13FN2O. The van der Waals surface area contributed by atoms with Gasteiger partial charge in [0.1, 0.15) is 11.9 Å². The second-order valence-electron chi connectivity index (χ2n) is 3.92. The fourth-order valence-electron chi connectivity index (χ4n) is 1.66. The van der Waals surface area contributed by atoms with Gasteiger partial charge in [-0.25, -0.2) is 4.39 Å². The second kappa shape index (κ2) is 4.51. The number of pyridine rings is 1. The largest absolute Gasteiger partial charge is 0.398 e. The van der Waals surface area contributed by atoms with E-state index >= 15 is 0 Å². The SMILES string of the molecule is Cc1cc(C(O)c2cnccc2N)ccc1F. The van der Waals surface area contributed by atoms with E-state index in [1.54, 1.807) is 31.3 Å². The van der Waals surface area contributed by atoms with Crippen molar-refractivity contribution in [3.8, 4) is 0 Å². The molecule has 1 aromatic heterocycles. The number of nitrogen functional groups attached to an aromatic ring is 1. The van der Waals surface area contributed by atoms with Crippen LogP contribution in [0, 0.1) is 12.7 Å². The summed E-state index contributed by atoms with van der Waals surface area (Å²) in [5.74, 6) is -0.292. The van der Waals surface area contributed by atoms with E-state index in [2.05, 4.69) is 4.98 Å². The number of benzene rings is 1. The van der Waals surface area contributed by atoms with Crippen LogP contribution < -0.4 is 5.73 Å². The Balaban J connectivity index is 2.40. The predicted molar refractivity (Wildman–Crippen MR) is 63.8 cm³/mol. The maximum atomic E-state index is 13.1. The molecule has 3 N–H and O–H groups in total. The Morgan fingerprint density at radius 1 is 1.35 bits per heavy atom. The van der Waals surface area contributed by atoms with Crippen molar-refractivity contribution < 1.29 is 9.50 Å². The molecule has 1 unspecified atom stereocenters. The highest BCUT2D eigenvalue weighted by Gasteiger charge is 2.14. The lowest BCUT2D eigenvalue weighted by Gasteiger charge is -2.13. The van der Waals surface area contributed by atoms with E-state index < -0.39 is 6.10 Å². The highest BCUT2D eigenvalue weighted by atomic mass is 19.1. The van der Waals surface area contributed by atoms with Gasteiger partial charge < -0.3 is 10.8 Å². The summed E-state index contributed by atoms with van der Waals surface area (Å²) in [5, 5.41) is 10.1. The summed E-state index contributed by atoms with van der Waals surface area (Å²) >= 11 is 0. The lowest BCUT2D eigenvalue weighted by Crippen LogP contribution is -2.05. The molecule has 0 fully saturated rings. The van der Waals surface area contributed by atoms with Crippen molar-refractivity contribution >= 4 is 5.69 Å². The number of hydrogen-bond donors (Lipinski definition) is 2. The van der Waals surface area contributed by atoms with Crippen LogP contribution in [0.25, 0.3) is 0 Å². The summed E-state index contributed by atoms with van der Waals surface area (Å²) in [6.07, 6.45) is 2.18. The van der Waals surface area contributed by atoms with Crippen LogP contribution in [0.1, 0.15) is 22.8 Å². The van der Waals surface area contributed by atoms with Crippen molar-refractivity contribution in [1.82, 2.24) is 4.98 Å². The molecule has 0 aliphatic carbocycles. The minimum absolute atomic E-state index is 0.292. The molecule has 1 aromatic carbocycles. The molecule has 0 amide bonds. The Bertz CT molecular complexity index is 543. The molecule has 88 valence electrons. The third-order valence-electron chi connectivity index (χ3n) is 2.68. The first kappa shape index (κ1) is 11.5. The van der Waals surface area contributed by atoms with Gasteiger partial charge in [0, 0.05) is 23.6 Å². The molecule has 0 bridgehead atoms. The van der Waals surface area contributed by atoms with Gasteiger partial charge in [-0.15, -0.1) is 0 Å². The van der Waals surface area contributed by atoms with E-state index in [9.17, 15) is 9.50 Å². The zero-order valence-corrected chi connectivity index (χ0v) is 9.39. The van der Waals surface area contributed by atoms with Crippen molar-refractivity contribution in [2.45, 2.75) is 13.0 Å². The van der Waals surface area contributed by atoms with Crippen LogP contribution in [0.3, 0.4) is 0 Å². The van der Waals surface area contributed by atoms with Crippen molar-refractivity contribution in [3.05, 3.63) is 59.2 Å². The van der Waals surface area contributed by atoms with Gasteiger partial charge in [0.05, 0.1) is 0 Å². The summed E-state index contributed by atoms with van der Waals surface area (Å²) in [7, 11) is 0. The number of aromatic nitrogens is 1. The maximum absolute atomic E-state index is 13.1. The molecule has 1 heterocycles. The smallest absolute Gasteiger partial charge is 0.126 e. The summed E-state index contributed by atoms with van der Waals surface area (Å²) in [5.41, 5.74) is 7.84. The van der Waals surface area contributed by atoms with Gasteiger partial charge in [-0.2, -0.15) is 0 Å². The van der Waals surface area contributed by atoms with E-state index in [0.29, 0.717) is 22.4 Å². The molecule has 0 saturated heterocycles. The summed E-state index contributed by atoms with van der Waals surface area (Å²) < 4.78 is 13.1. The topological polar surface area (TPSA) is 59.1 Å². The normalized spacial score (nSPS) is 12.4. The van der Waals surface area contributed by atoms with Crippen molar-refractivity contribution in [2.75, 3.05) is 5.73 Å². The van der Waals surface area contributed by atoms with Crippen molar-refractivity contribution in [2.24, 2.45) is 0 Å². The van der Waals surface area contributed by atoms with Gasteiger partial charge in [-0.3, -0.25) is 4.98 Å². The van der Waals surface area contributed by atoms with E-state index in [-0.39, 0.29) is 5.82 Å². The van der Waals surface area contributed by atoms with Crippen molar-refractivity contribution in [3.63, 3.8) is 0 Å². The molecule has 0 saturated carbocycles. The van der Waals surface area contributed by atoms with E-state index in [0.717, 1.165) is 0 Å². The van der Waals surface area contributed by atoms with Crippen LogP contribution in [-0.4, -0.2) is 10.1 Å². The zero-order valence-electron chi connectivity index (χ0n) is 9.39. The molecule has 3 nitrogen and oxygen atoms in total. The lowest BCUT2D eigenvalue weighted by atomic mass is 10.00. The predicted octanol–water partition coefficient (Wildman–Crippen LogP) is 2.19. The first-order valence-electron chi connectivity index (χ1n) is 5.23. The molecular weight excluding hydrogens is 219 g/mol. The van der Waals surface area contributed by atoms with Crippen LogP contribution in [0.4, 0.5) is 10.1 Å². The number of halogens is 1. The monoisotopic (exact) mass is 232 g/mol. The fraction of sp³-hybridized carbons (Fsp3) is 0.154. The van der Waals surface area contributed by atoms with Gasteiger partial charge in [-0.1, -0.05) is 12.1 Å². The average molecular weight is 232 g/mol. The molecule has 2 aromatic rings. The molecule has 0 spiro atoms. The van der Waals surface area contributed by atoms with E-state index in [1.807, 2.05) is 0 Å². The number of nitrogens with zero attached hydrogens (tertiary/aromatic N) is 1. The highest BCUT2D eigenvalue weighted by Crippen LogP contribution is 2.26. The van der Waals surface area contributed by atoms with Crippen LogP contribution in [-0.2, 0) is 0 Å². The summed E-state index contributed by atoms with van der Waals surface area (Å²) in [4.78, 5) is 3.92. The molecule has 0 aliphatic rings. The number of rotatable bonds is 2. The van der Waals surface area contributed by atoms with Gasteiger partial charge >= 0.3 is 0 Å². The number of anilines is 1. The standard InChI is InChI=1S/C13H13FN2O/c1-8-6-9(2-3-11(8)14)13(17)10-7-16-5-4-12(10)15/h2-7,13,17H,1H3,(H2,15,16). The fourth-order valence-corrected chi connectivity index (χ4v) is 1.66. The van der Waals surface area contributed by atoms with E-state index in [1.165, 1.54) is 12.3 Å².